The predicted molar refractivity (Wildman–Crippen MR) is 185 cm³/mol. The molecule has 0 spiro atoms. The van der Waals surface area contributed by atoms with Crippen molar-refractivity contribution in [3.05, 3.63) is 0 Å². The molecule has 7 heteroatoms. The van der Waals surface area contributed by atoms with E-state index >= 15 is 0 Å². The maximum atomic E-state index is 8.88. The van der Waals surface area contributed by atoms with E-state index in [2.05, 4.69) is 13.8 Å². The van der Waals surface area contributed by atoms with E-state index in [1.807, 2.05) is 0 Å². The number of unbranched alkanes of at least 4 members (excludes halogenated alkanes) is 30. The monoisotopic (exact) mass is 661 g/mol. The standard InChI is InChI=1S/C36H74O.K.H3O4P.H/c1-3-5-7-9-11-13-15-17-19-21-23-25-27-29-31-33-35-37-36-34-32-30-28-26-24-22-20-18-16-14-12-10-8-6-4-2;;1-5(2,3)4;/h3-36H2,1-2H3;;(H3,1,2,3,4);/q;+1;;-1. The van der Waals surface area contributed by atoms with Crippen LogP contribution in [-0.2, 0) is 9.30 Å². The summed E-state index contributed by atoms with van der Waals surface area (Å²) in [6, 6.07) is 0. The number of hydrogen-bond acceptors (Lipinski definition) is 2. The predicted octanol–water partition coefficient (Wildman–Crippen LogP) is 9.71. The molecular weight excluding hydrogens is 582 g/mol. The van der Waals surface area contributed by atoms with Gasteiger partial charge in [-0.25, -0.2) is 4.57 Å². The average Bonchev–Trinajstić information content (AvgIpc) is 2.94. The zero-order valence-electron chi connectivity index (χ0n) is 30.6. The first-order chi connectivity index (χ1) is 20.4. The van der Waals surface area contributed by atoms with E-state index in [0.29, 0.717) is 0 Å². The Labute approximate surface area is 314 Å². The van der Waals surface area contributed by atoms with Gasteiger partial charge in [0.25, 0.3) is 0 Å². The van der Waals surface area contributed by atoms with Gasteiger partial charge in [-0.3, -0.25) is 0 Å². The molecule has 0 heterocycles. The molecular formula is C36H78KO5P. The van der Waals surface area contributed by atoms with Gasteiger partial charge in [0.15, 0.2) is 0 Å². The smallest absolute Gasteiger partial charge is 1.00 e. The number of hydrogen-bond donors (Lipinski definition) is 3. The van der Waals surface area contributed by atoms with E-state index < -0.39 is 7.82 Å². The summed E-state index contributed by atoms with van der Waals surface area (Å²) in [5.41, 5.74) is 0. The minimum atomic E-state index is -4.64. The Balaban J connectivity index is -0.00000105. The molecule has 0 fully saturated rings. The second kappa shape index (κ2) is 43.7. The van der Waals surface area contributed by atoms with E-state index in [4.69, 9.17) is 24.0 Å². The topological polar surface area (TPSA) is 87.0 Å². The fraction of sp³-hybridized carbons (Fsp3) is 1.00. The van der Waals surface area contributed by atoms with Crippen LogP contribution < -0.4 is 51.4 Å². The average molecular weight is 661 g/mol. The second-order valence-corrected chi connectivity index (χ2v) is 13.8. The van der Waals surface area contributed by atoms with Crippen molar-refractivity contribution < 1.29 is 76.8 Å². The maximum Gasteiger partial charge on any atom is 1.00 e. The quantitative estimate of drug-likeness (QED) is 0.0363. The molecule has 0 radical (unpaired) electrons. The molecule has 3 N–H and O–H groups in total. The number of ether oxygens (including phenoxy) is 1. The van der Waals surface area contributed by atoms with Crippen LogP contribution in [0.1, 0.15) is 221 Å². The number of rotatable bonds is 34. The summed E-state index contributed by atoms with van der Waals surface area (Å²) in [6.07, 6.45) is 46.0. The molecule has 0 aliphatic carbocycles. The van der Waals surface area contributed by atoms with Crippen LogP contribution in [0.4, 0.5) is 0 Å². The summed E-state index contributed by atoms with van der Waals surface area (Å²) in [7, 11) is -4.64. The van der Waals surface area contributed by atoms with Crippen LogP contribution in [-0.4, -0.2) is 27.9 Å². The van der Waals surface area contributed by atoms with Crippen molar-refractivity contribution >= 4 is 7.82 Å². The van der Waals surface area contributed by atoms with E-state index in [1.165, 1.54) is 205 Å². The molecule has 43 heavy (non-hydrogen) atoms. The van der Waals surface area contributed by atoms with Crippen molar-refractivity contribution in [2.45, 2.75) is 219 Å². The zero-order valence-corrected chi connectivity index (χ0v) is 33.7. The van der Waals surface area contributed by atoms with Crippen molar-refractivity contribution in [3.63, 3.8) is 0 Å². The third kappa shape index (κ3) is 59.6. The van der Waals surface area contributed by atoms with Gasteiger partial charge in [-0.1, -0.05) is 206 Å². The van der Waals surface area contributed by atoms with Crippen LogP contribution in [0.3, 0.4) is 0 Å². The van der Waals surface area contributed by atoms with E-state index in [9.17, 15) is 0 Å². The zero-order chi connectivity index (χ0) is 31.2. The molecule has 5 nitrogen and oxygen atoms in total. The van der Waals surface area contributed by atoms with Gasteiger partial charge >= 0.3 is 59.2 Å². The fourth-order valence-corrected chi connectivity index (χ4v) is 5.61. The first-order valence-electron chi connectivity index (χ1n) is 18.8. The van der Waals surface area contributed by atoms with Crippen molar-refractivity contribution in [3.8, 4) is 0 Å². The van der Waals surface area contributed by atoms with Crippen LogP contribution in [0.15, 0.2) is 0 Å². The van der Waals surface area contributed by atoms with Gasteiger partial charge in [0.1, 0.15) is 0 Å². The Kier molecular flexibility index (Phi) is 49.9. The molecule has 0 saturated heterocycles. The molecule has 0 aromatic heterocycles. The van der Waals surface area contributed by atoms with Crippen molar-refractivity contribution in [1.82, 2.24) is 0 Å². The summed E-state index contributed by atoms with van der Waals surface area (Å²) < 4.78 is 14.8. The van der Waals surface area contributed by atoms with Crippen LogP contribution in [0.2, 0.25) is 0 Å². The van der Waals surface area contributed by atoms with Crippen molar-refractivity contribution in [2.24, 2.45) is 0 Å². The first kappa shape index (κ1) is 49.1. The molecule has 0 amide bonds. The molecule has 0 rings (SSSR count). The third-order valence-corrected chi connectivity index (χ3v) is 8.28. The van der Waals surface area contributed by atoms with E-state index in [-0.39, 0.29) is 52.8 Å². The van der Waals surface area contributed by atoms with Gasteiger partial charge in [-0.2, -0.15) is 0 Å². The van der Waals surface area contributed by atoms with Gasteiger partial charge < -0.3 is 20.8 Å². The van der Waals surface area contributed by atoms with Crippen LogP contribution in [0.5, 0.6) is 0 Å². The largest absolute Gasteiger partial charge is 1.00 e. The normalized spacial score (nSPS) is 11.3. The minimum Gasteiger partial charge on any atom is -1.00 e. The Hall–Kier alpha value is 1.71. The fourth-order valence-electron chi connectivity index (χ4n) is 5.61. The van der Waals surface area contributed by atoms with Gasteiger partial charge in [0, 0.05) is 13.2 Å². The van der Waals surface area contributed by atoms with Gasteiger partial charge in [-0.05, 0) is 12.8 Å². The van der Waals surface area contributed by atoms with E-state index in [0.717, 1.165) is 13.2 Å². The van der Waals surface area contributed by atoms with Crippen molar-refractivity contribution in [1.29, 1.82) is 0 Å². The van der Waals surface area contributed by atoms with Crippen LogP contribution in [0.25, 0.3) is 0 Å². The maximum absolute atomic E-state index is 8.88. The Morgan fingerprint density at radius 1 is 0.372 bits per heavy atom. The number of phosphoric acid groups is 1. The molecule has 0 saturated carbocycles. The van der Waals surface area contributed by atoms with Crippen LogP contribution in [0, 0.1) is 0 Å². The first-order valence-corrected chi connectivity index (χ1v) is 20.3. The van der Waals surface area contributed by atoms with Crippen LogP contribution >= 0.6 is 7.82 Å². The van der Waals surface area contributed by atoms with Gasteiger partial charge in [-0.15, -0.1) is 0 Å². The molecule has 0 aromatic rings. The summed E-state index contributed by atoms with van der Waals surface area (Å²) in [5.74, 6) is 0. The van der Waals surface area contributed by atoms with Crippen molar-refractivity contribution in [2.75, 3.05) is 13.2 Å². The Bertz CT molecular complexity index is 482. The SMILES string of the molecule is CCCCCCCCCCCCCCCCCCOCCCCCCCCCCCCCCCCCC.O=P(O)(O)O.[H-].[K+]. The summed E-state index contributed by atoms with van der Waals surface area (Å²) in [4.78, 5) is 21.6. The van der Waals surface area contributed by atoms with E-state index in [1.54, 1.807) is 0 Å². The molecule has 0 unspecified atom stereocenters. The summed E-state index contributed by atoms with van der Waals surface area (Å²) >= 11 is 0. The summed E-state index contributed by atoms with van der Waals surface area (Å²) in [5, 5.41) is 0. The summed E-state index contributed by atoms with van der Waals surface area (Å²) in [6.45, 7) is 6.60. The third-order valence-electron chi connectivity index (χ3n) is 8.28. The molecule has 0 aliphatic rings. The molecule has 0 aliphatic heterocycles. The molecule has 0 bridgehead atoms. The molecule has 0 atom stereocenters. The second-order valence-electron chi connectivity index (χ2n) is 12.7. The molecule has 258 valence electrons. The Morgan fingerprint density at radius 3 is 0.674 bits per heavy atom. The Morgan fingerprint density at radius 2 is 0.512 bits per heavy atom. The van der Waals surface area contributed by atoms with Gasteiger partial charge in [0.2, 0.25) is 0 Å². The minimum absolute atomic E-state index is 0. The van der Waals surface area contributed by atoms with Gasteiger partial charge in [0.05, 0.1) is 0 Å². The molecule has 0 aromatic carbocycles.